The molecule has 0 spiro atoms. The first-order valence-electron chi connectivity index (χ1n) is 5.46. The van der Waals surface area contributed by atoms with E-state index >= 15 is 0 Å². The number of nitrogens with zero attached hydrogens (tertiary/aromatic N) is 1. The number of aromatic amines is 1. The predicted octanol–water partition coefficient (Wildman–Crippen LogP) is 2.74. The Kier molecular flexibility index (Phi) is 2.65. The fourth-order valence-electron chi connectivity index (χ4n) is 1.75. The van der Waals surface area contributed by atoms with Crippen molar-refractivity contribution in [3.63, 3.8) is 0 Å². The Morgan fingerprint density at radius 1 is 1.18 bits per heavy atom. The van der Waals surface area contributed by atoms with Gasteiger partial charge in [0.2, 0.25) is 0 Å². The second-order valence-corrected chi connectivity index (χ2v) is 5.02. The molecule has 0 aliphatic carbocycles. The van der Waals surface area contributed by atoms with Crippen molar-refractivity contribution < 1.29 is 4.39 Å². The summed E-state index contributed by atoms with van der Waals surface area (Å²) in [4.78, 5) is 11.4. The first-order valence-corrected chi connectivity index (χ1v) is 5.46. The van der Waals surface area contributed by atoms with Gasteiger partial charge < -0.3 is 0 Å². The molecule has 1 N–H and O–H groups in total. The third-order valence-corrected chi connectivity index (χ3v) is 2.54. The maximum absolute atomic E-state index is 12.9. The molecule has 0 atom stereocenters. The fraction of sp³-hybridized carbons (Fsp3) is 0.308. The Bertz CT molecular complexity index is 573. The Balaban J connectivity index is 2.59. The minimum Gasteiger partial charge on any atom is -0.279 e. The van der Waals surface area contributed by atoms with Gasteiger partial charge in [-0.2, -0.15) is 0 Å². The summed E-state index contributed by atoms with van der Waals surface area (Å²) in [7, 11) is 0. The molecule has 0 aliphatic rings. The van der Waals surface area contributed by atoms with Gasteiger partial charge in [-0.25, -0.2) is 4.39 Å². The van der Waals surface area contributed by atoms with Gasteiger partial charge in [0.05, 0.1) is 11.2 Å². The molecule has 1 heterocycles. The van der Waals surface area contributed by atoms with Crippen molar-refractivity contribution in [3.05, 3.63) is 46.5 Å². The number of aromatic nitrogens is 2. The summed E-state index contributed by atoms with van der Waals surface area (Å²) in [5.41, 5.74) is 1.20. The summed E-state index contributed by atoms with van der Waals surface area (Å²) in [6.07, 6.45) is 0. The molecular weight excluding hydrogens is 219 g/mol. The van der Waals surface area contributed by atoms with E-state index in [0.29, 0.717) is 0 Å². The van der Waals surface area contributed by atoms with E-state index in [-0.39, 0.29) is 16.9 Å². The fourth-order valence-corrected chi connectivity index (χ4v) is 1.75. The summed E-state index contributed by atoms with van der Waals surface area (Å²) in [6, 6.07) is 7.64. The lowest BCUT2D eigenvalue weighted by molar-refractivity contribution is 0.358. The number of hydrogen-bond acceptors (Lipinski definition) is 1. The first kappa shape index (κ1) is 11.6. The van der Waals surface area contributed by atoms with Crippen molar-refractivity contribution in [1.29, 1.82) is 0 Å². The van der Waals surface area contributed by atoms with Gasteiger partial charge in [0, 0.05) is 11.6 Å². The molecule has 2 aromatic rings. The lowest BCUT2D eigenvalue weighted by atomic mass is 10.1. The maximum Gasteiger partial charge on any atom is 0.264 e. The average Bonchev–Trinajstić information content (AvgIpc) is 2.61. The quantitative estimate of drug-likeness (QED) is 0.809. The van der Waals surface area contributed by atoms with Crippen LogP contribution in [0.5, 0.6) is 0 Å². The molecular formula is C13H15FN2O. The van der Waals surface area contributed by atoms with Crippen LogP contribution in [-0.2, 0) is 5.54 Å². The van der Waals surface area contributed by atoms with E-state index in [1.54, 1.807) is 16.8 Å². The molecule has 1 aromatic carbocycles. The minimum absolute atomic E-state index is 0.153. The molecule has 0 unspecified atom stereocenters. The minimum atomic E-state index is -0.283. The van der Waals surface area contributed by atoms with Gasteiger partial charge in [0.1, 0.15) is 5.82 Å². The van der Waals surface area contributed by atoms with E-state index < -0.39 is 0 Å². The molecule has 0 fully saturated rings. The monoisotopic (exact) mass is 234 g/mol. The summed E-state index contributed by atoms with van der Waals surface area (Å²) in [5.74, 6) is -0.283. The summed E-state index contributed by atoms with van der Waals surface area (Å²) >= 11 is 0. The van der Waals surface area contributed by atoms with Crippen LogP contribution in [0.3, 0.4) is 0 Å². The van der Waals surface area contributed by atoms with Gasteiger partial charge in [0.25, 0.3) is 5.56 Å². The zero-order chi connectivity index (χ0) is 12.6. The van der Waals surface area contributed by atoms with Gasteiger partial charge in [-0.05, 0) is 45.0 Å². The van der Waals surface area contributed by atoms with Gasteiger partial charge in [-0.15, -0.1) is 0 Å². The van der Waals surface area contributed by atoms with Crippen molar-refractivity contribution in [2.45, 2.75) is 26.3 Å². The molecule has 3 nitrogen and oxygen atoms in total. The average molecular weight is 234 g/mol. The SMILES string of the molecule is CC(C)(C)n1[nH]c(=O)cc1-c1ccc(F)cc1. The standard InChI is InChI=1S/C13H15FN2O/c1-13(2,3)16-11(8-12(17)15-16)9-4-6-10(14)7-5-9/h4-8H,1-3H3,(H,15,17). The van der Waals surface area contributed by atoms with Gasteiger partial charge in [-0.3, -0.25) is 14.6 Å². The maximum atomic E-state index is 12.9. The summed E-state index contributed by atoms with van der Waals surface area (Å²) in [5, 5.41) is 2.77. The molecule has 0 saturated carbocycles. The highest BCUT2D eigenvalue weighted by Crippen LogP contribution is 2.23. The number of H-pyrrole nitrogens is 1. The number of rotatable bonds is 1. The zero-order valence-corrected chi connectivity index (χ0v) is 10.1. The van der Waals surface area contributed by atoms with Crippen molar-refractivity contribution in [2.75, 3.05) is 0 Å². The molecule has 0 amide bonds. The Morgan fingerprint density at radius 3 is 2.29 bits per heavy atom. The third-order valence-electron chi connectivity index (χ3n) is 2.54. The second-order valence-electron chi connectivity index (χ2n) is 5.02. The van der Waals surface area contributed by atoms with Gasteiger partial charge in [-0.1, -0.05) is 0 Å². The molecule has 4 heteroatoms. The van der Waals surface area contributed by atoms with Crippen LogP contribution in [0.2, 0.25) is 0 Å². The van der Waals surface area contributed by atoms with Crippen LogP contribution in [0.4, 0.5) is 4.39 Å². The van der Waals surface area contributed by atoms with Crippen molar-refractivity contribution in [1.82, 2.24) is 9.78 Å². The summed E-state index contributed by atoms with van der Waals surface area (Å²) in [6.45, 7) is 5.99. The summed E-state index contributed by atoms with van der Waals surface area (Å²) < 4.78 is 14.7. The van der Waals surface area contributed by atoms with E-state index in [9.17, 15) is 9.18 Å². The number of halogens is 1. The van der Waals surface area contributed by atoms with E-state index in [2.05, 4.69) is 5.10 Å². The number of benzene rings is 1. The van der Waals surface area contributed by atoms with Gasteiger partial charge >= 0.3 is 0 Å². The second kappa shape index (κ2) is 3.87. The lowest BCUT2D eigenvalue weighted by Crippen LogP contribution is -2.25. The van der Waals surface area contributed by atoms with E-state index in [1.807, 2.05) is 20.8 Å². The molecule has 1 aromatic heterocycles. The molecule has 0 saturated heterocycles. The molecule has 2 rings (SSSR count). The highest BCUT2D eigenvalue weighted by Gasteiger charge is 2.18. The molecule has 0 bridgehead atoms. The number of nitrogens with one attached hydrogen (secondary N) is 1. The van der Waals surface area contributed by atoms with Crippen molar-refractivity contribution in [3.8, 4) is 11.3 Å². The Hall–Kier alpha value is -1.84. The van der Waals surface area contributed by atoms with Crippen LogP contribution < -0.4 is 5.56 Å². The smallest absolute Gasteiger partial charge is 0.264 e. The molecule has 0 aliphatic heterocycles. The predicted molar refractivity (Wildman–Crippen MR) is 65.4 cm³/mol. The Morgan fingerprint density at radius 2 is 1.76 bits per heavy atom. The van der Waals surface area contributed by atoms with Crippen LogP contribution in [-0.4, -0.2) is 9.78 Å². The molecule has 0 radical (unpaired) electrons. The highest BCUT2D eigenvalue weighted by atomic mass is 19.1. The third kappa shape index (κ3) is 2.30. The lowest BCUT2D eigenvalue weighted by Gasteiger charge is -2.23. The van der Waals surface area contributed by atoms with Crippen LogP contribution in [0, 0.1) is 5.82 Å². The van der Waals surface area contributed by atoms with E-state index in [1.165, 1.54) is 18.2 Å². The van der Waals surface area contributed by atoms with Crippen molar-refractivity contribution >= 4 is 0 Å². The normalized spacial score (nSPS) is 11.8. The highest BCUT2D eigenvalue weighted by molar-refractivity contribution is 5.59. The van der Waals surface area contributed by atoms with E-state index in [0.717, 1.165) is 11.3 Å². The number of hydrogen-bond donors (Lipinski definition) is 1. The largest absolute Gasteiger partial charge is 0.279 e. The first-order chi connectivity index (χ1) is 7.88. The molecule has 90 valence electrons. The van der Waals surface area contributed by atoms with E-state index in [4.69, 9.17) is 0 Å². The van der Waals surface area contributed by atoms with Crippen LogP contribution in [0.15, 0.2) is 35.1 Å². The zero-order valence-electron chi connectivity index (χ0n) is 10.1. The van der Waals surface area contributed by atoms with Crippen LogP contribution >= 0.6 is 0 Å². The van der Waals surface area contributed by atoms with Crippen molar-refractivity contribution in [2.24, 2.45) is 0 Å². The van der Waals surface area contributed by atoms with Crippen LogP contribution in [0.25, 0.3) is 11.3 Å². The van der Waals surface area contributed by atoms with Gasteiger partial charge in [0.15, 0.2) is 0 Å². The molecule has 17 heavy (non-hydrogen) atoms. The Labute approximate surface area is 98.9 Å². The topological polar surface area (TPSA) is 37.8 Å². The van der Waals surface area contributed by atoms with Crippen LogP contribution in [0.1, 0.15) is 20.8 Å².